The van der Waals surface area contributed by atoms with Crippen LogP contribution in [0.3, 0.4) is 0 Å². The SMILES string of the molecule is O=C(N[C@@H]1C[C@H]2CCN(C2)C1)N1C=Cc2sc(C(=O)N3CCOCC3)cc2C1. The number of carbonyl (C=O) groups excluding carboxylic acids is 2. The Labute approximate surface area is 168 Å². The summed E-state index contributed by atoms with van der Waals surface area (Å²) in [6.45, 7) is 6.32. The molecule has 4 aliphatic rings. The van der Waals surface area contributed by atoms with Crippen LogP contribution in [0.4, 0.5) is 4.79 Å². The summed E-state index contributed by atoms with van der Waals surface area (Å²) in [6.07, 6.45) is 6.14. The summed E-state index contributed by atoms with van der Waals surface area (Å²) in [5, 5.41) is 3.21. The van der Waals surface area contributed by atoms with E-state index in [4.69, 9.17) is 4.74 Å². The Kier molecular flexibility index (Phi) is 4.86. The average molecular weight is 403 g/mol. The molecule has 3 amide bonds. The van der Waals surface area contributed by atoms with Crippen LogP contribution in [-0.4, -0.2) is 78.6 Å². The summed E-state index contributed by atoms with van der Waals surface area (Å²) >= 11 is 1.51. The van der Waals surface area contributed by atoms with E-state index < -0.39 is 0 Å². The lowest BCUT2D eigenvalue weighted by Crippen LogP contribution is -2.50. The normalized spacial score (nSPS) is 28.9. The minimum Gasteiger partial charge on any atom is -0.378 e. The highest BCUT2D eigenvalue weighted by molar-refractivity contribution is 7.15. The molecule has 4 aliphatic heterocycles. The molecule has 7 nitrogen and oxygen atoms in total. The molecule has 3 fully saturated rings. The molecule has 0 radical (unpaired) electrons. The van der Waals surface area contributed by atoms with Crippen molar-refractivity contribution in [1.82, 2.24) is 20.0 Å². The summed E-state index contributed by atoms with van der Waals surface area (Å²) in [6, 6.07) is 2.15. The van der Waals surface area contributed by atoms with Crippen molar-refractivity contribution < 1.29 is 14.3 Å². The molecule has 1 aromatic heterocycles. The van der Waals surface area contributed by atoms with Crippen LogP contribution in [-0.2, 0) is 11.3 Å². The van der Waals surface area contributed by atoms with Gasteiger partial charge in [0.2, 0.25) is 0 Å². The molecule has 2 bridgehead atoms. The molecule has 8 heteroatoms. The molecule has 1 unspecified atom stereocenters. The van der Waals surface area contributed by atoms with Gasteiger partial charge in [-0.25, -0.2) is 4.79 Å². The van der Waals surface area contributed by atoms with E-state index in [9.17, 15) is 9.59 Å². The fourth-order valence-electron chi connectivity index (χ4n) is 4.69. The largest absolute Gasteiger partial charge is 0.378 e. The molecular weight excluding hydrogens is 376 g/mol. The van der Waals surface area contributed by atoms with Crippen LogP contribution < -0.4 is 5.32 Å². The summed E-state index contributed by atoms with van der Waals surface area (Å²) in [5.74, 6) is 0.798. The fraction of sp³-hybridized carbons (Fsp3) is 0.600. The smallest absolute Gasteiger partial charge is 0.321 e. The monoisotopic (exact) mass is 402 g/mol. The maximum Gasteiger partial charge on any atom is 0.321 e. The number of nitrogens with zero attached hydrogens (tertiary/aromatic N) is 3. The molecule has 3 saturated heterocycles. The van der Waals surface area contributed by atoms with E-state index in [0.717, 1.165) is 34.2 Å². The molecule has 0 saturated carbocycles. The van der Waals surface area contributed by atoms with Crippen molar-refractivity contribution in [1.29, 1.82) is 0 Å². The second kappa shape index (κ2) is 7.50. The van der Waals surface area contributed by atoms with Crippen LogP contribution in [0.2, 0.25) is 0 Å². The minimum absolute atomic E-state index is 0.0401. The first-order chi connectivity index (χ1) is 13.7. The van der Waals surface area contributed by atoms with E-state index in [1.807, 2.05) is 23.2 Å². The third-order valence-electron chi connectivity index (χ3n) is 6.15. The molecule has 1 N–H and O–H groups in total. The first-order valence-electron chi connectivity index (χ1n) is 10.1. The predicted octanol–water partition coefficient (Wildman–Crippen LogP) is 1.81. The number of ether oxygens (including phenoxy) is 1. The number of urea groups is 1. The molecule has 150 valence electrons. The van der Waals surface area contributed by atoms with E-state index in [2.05, 4.69) is 10.2 Å². The number of nitrogens with one attached hydrogen (secondary N) is 1. The molecule has 0 aromatic carbocycles. The molecule has 1 aromatic rings. The number of carbonyl (C=O) groups is 2. The molecule has 0 aliphatic carbocycles. The Bertz CT molecular complexity index is 789. The summed E-state index contributed by atoms with van der Waals surface area (Å²) < 4.78 is 5.33. The Morgan fingerprint density at radius 2 is 2.04 bits per heavy atom. The average Bonchev–Trinajstić information content (AvgIpc) is 3.30. The van der Waals surface area contributed by atoms with Crippen molar-refractivity contribution in [3.8, 4) is 0 Å². The van der Waals surface area contributed by atoms with Crippen molar-refractivity contribution in [2.24, 2.45) is 5.92 Å². The summed E-state index contributed by atoms with van der Waals surface area (Å²) in [5.41, 5.74) is 1.05. The van der Waals surface area contributed by atoms with E-state index in [1.54, 1.807) is 4.90 Å². The van der Waals surface area contributed by atoms with Gasteiger partial charge in [0.1, 0.15) is 0 Å². The number of thiophene rings is 1. The van der Waals surface area contributed by atoms with Gasteiger partial charge < -0.3 is 19.9 Å². The second-order valence-electron chi connectivity index (χ2n) is 8.14. The van der Waals surface area contributed by atoms with Gasteiger partial charge in [-0.1, -0.05) is 0 Å². The van der Waals surface area contributed by atoms with Crippen LogP contribution >= 0.6 is 11.3 Å². The van der Waals surface area contributed by atoms with Crippen molar-refractivity contribution in [3.05, 3.63) is 27.6 Å². The number of fused-ring (bicyclic) bond motifs is 3. The third-order valence-corrected chi connectivity index (χ3v) is 7.28. The van der Waals surface area contributed by atoms with Crippen molar-refractivity contribution in [2.75, 3.05) is 45.9 Å². The van der Waals surface area contributed by atoms with Gasteiger partial charge in [-0.2, -0.15) is 0 Å². The van der Waals surface area contributed by atoms with Gasteiger partial charge in [0.25, 0.3) is 5.91 Å². The summed E-state index contributed by atoms with van der Waals surface area (Å²) in [7, 11) is 0. The summed E-state index contributed by atoms with van der Waals surface area (Å²) in [4.78, 5) is 33.3. The number of rotatable bonds is 2. The molecule has 5 heterocycles. The Hall–Kier alpha value is -1.90. The maximum atomic E-state index is 12.8. The lowest BCUT2D eigenvalue weighted by molar-refractivity contribution is 0.0306. The quantitative estimate of drug-likeness (QED) is 0.820. The molecule has 0 spiro atoms. The molecule has 5 rings (SSSR count). The van der Waals surface area contributed by atoms with Gasteiger partial charge in [0, 0.05) is 43.3 Å². The second-order valence-corrected chi connectivity index (χ2v) is 9.23. The first kappa shape index (κ1) is 18.1. The zero-order valence-electron chi connectivity index (χ0n) is 15.9. The number of piperidine rings is 1. The highest BCUT2D eigenvalue weighted by atomic mass is 32.1. The first-order valence-corrected chi connectivity index (χ1v) is 10.9. The number of hydrogen-bond acceptors (Lipinski definition) is 5. The molecule has 28 heavy (non-hydrogen) atoms. The van der Waals surface area contributed by atoms with Crippen LogP contribution in [0.5, 0.6) is 0 Å². The highest BCUT2D eigenvalue weighted by Crippen LogP contribution is 2.30. The zero-order chi connectivity index (χ0) is 19.1. The van der Waals surface area contributed by atoms with Gasteiger partial charge in [-0.05, 0) is 43.0 Å². The predicted molar refractivity (Wildman–Crippen MR) is 107 cm³/mol. The number of hydrogen-bond donors (Lipinski definition) is 1. The lowest BCUT2D eigenvalue weighted by Gasteiger charge is -2.32. The van der Waals surface area contributed by atoms with Crippen LogP contribution in [0.25, 0.3) is 6.08 Å². The molecular formula is C20H26N4O3S. The Balaban J connectivity index is 1.22. The van der Waals surface area contributed by atoms with Gasteiger partial charge >= 0.3 is 6.03 Å². The van der Waals surface area contributed by atoms with Gasteiger partial charge in [0.05, 0.1) is 24.6 Å². The Morgan fingerprint density at radius 3 is 2.86 bits per heavy atom. The third kappa shape index (κ3) is 3.56. The van der Waals surface area contributed by atoms with Gasteiger partial charge in [0.15, 0.2) is 0 Å². The van der Waals surface area contributed by atoms with E-state index in [0.29, 0.717) is 32.8 Å². The fourth-order valence-corrected chi connectivity index (χ4v) is 5.73. The number of amides is 3. The Morgan fingerprint density at radius 1 is 1.18 bits per heavy atom. The minimum atomic E-state index is -0.0401. The topological polar surface area (TPSA) is 65.1 Å². The van der Waals surface area contributed by atoms with E-state index in [1.165, 1.54) is 30.8 Å². The maximum absolute atomic E-state index is 12.8. The van der Waals surface area contributed by atoms with Crippen LogP contribution in [0, 0.1) is 5.92 Å². The van der Waals surface area contributed by atoms with Crippen molar-refractivity contribution >= 4 is 29.4 Å². The highest BCUT2D eigenvalue weighted by Gasteiger charge is 2.34. The standard InChI is InChI=1S/C20H26N4O3S/c25-19(23-5-7-27-8-6-23)18-10-15-12-24(4-2-17(15)28-18)20(26)21-16-9-14-1-3-22(11-14)13-16/h2,4,10,14,16H,1,3,5-9,11-13H2,(H,21,26)/t14-,16-/m1/s1. The van der Waals surface area contributed by atoms with Crippen molar-refractivity contribution in [3.63, 3.8) is 0 Å². The van der Waals surface area contributed by atoms with E-state index >= 15 is 0 Å². The van der Waals surface area contributed by atoms with Crippen molar-refractivity contribution in [2.45, 2.75) is 25.4 Å². The van der Waals surface area contributed by atoms with Crippen LogP contribution in [0.1, 0.15) is 33.0 Å². The van der Waals surface area contributed by atoms with E-state index in [-0.39, 0.29) is 18.0 Å². The zero-order valence-corrected chi connectivity index (χ0v) is 16.7. The molecule has 3 atom stereocenters. The lowest BCUT2D eigenvalue weighted by atomic mass is 9.97. The number of morpholine rings is 1. The van der Waals surface area contributed by atoms with Crippen LogP contribution in [0.15, 0.2) is 12.3 Å². The van der Waals surface area contributed by atoms with Gasteiger partial charge in [-0.15, -0.1) is 11.3 Å². The van der Waals surface area contributed by atoms with Gasteiger partial charge in [-0.3, -0.25) is 9.69 Å².